The molecule has 2 aliphatic rings. The van der Waals surface area contributed by atoms with Gasteiger partial charge in [-0.3, -0.25) is 9.80 Å². The van der Waals surface area contributed by atoms with Crippen LogP contribution >= 0.6 is 0 Å². The van der Waals surface area contributed by atoms with Crippen LogP contribution in [0, 0.1) is 0 Å². The lowest BCUT2D eigenvalue weighted by atomic mass is 9.90. The van der Waals surface area contributed by atoms with E-state index in [2.05, 4.69) is 9.80 Å². The Labute approximate surface area is 172 Å². The van der Waals surface area contributed by atoms with Crippen molar-refractivity contribution in [2.75, 3.05) is 20.9 Å². The lowest BCUT2D eigenvalue weighted by molar-refractivity contribution is 0.196. The Bertz CT molecular complexity index is 787. The van der Waals surface area contributed by atoms with E-state index >= 15 is 0 Å². The van der Waals surface area contributed by atoms with Gasteiger partial charge < -0.3 is 19.7 Å². The topological polar surface area (TPSA) is 65.4 Å². The van der Waals surface area contributed by atoms with Gasteiger partial charge in [-0.25, -0.2) is 0 Å². The van der Waals surface area contributed by atoms with Crippen molar-refractivity contribution in [3.05, 3.63) is 47.5 Å². The second kappa shape index (κ2) is 8.51. The molecule has 6 heteroatoms. The molecule has 2 atom stereocenters. The first-order valence-corrected chi connectivity index (χ1v) is 10.3. The van der Waals surface area contributed by atoms with Crippen LogP contribution < -0.4 is 9.47 Å². The summed E-state index contributed by atoms with van der Waals surface area (Å²) in [7, 11) is 3.29. The Morgan fingerprint density at radius 1 is 0.793 bits per heavy atom. The fourth-order valence-electron chi connectivity index (χ4n) is 4.79. The van der Waals surface area contributed by atoms with Crippen molar-refractivity contribution < 1.29 is 19.7 Å². The highest BCUT2D eigenvalue weighted by atomic mass is 16.5. The highest BCUT2D eigenvalue weighted by Crippen LogP contribution is 2.37. The molecule has 2 N–H and O–H groups in total. The number of benzene rings is 2. The van der Waals surface area contributed by atoms with E-state index in [1.54, 1.807) is 38.5 Å². The zero-order chi connectivity index (χ0) is 20.4. The lowest BCUT2D eigenvalue weighted by Gasteiger charge is -2.32. The van der Waals surface area contributed by atoms with Crippen LogP contribution in [0.15, 0.2) is 36.4 Å². The minimum atomic E-state index is 0.307. The molecule has 0 unspecified atom stereocenters. The molecule has 0 bridgehead atoms. The maximum absolute atomic E-state index is 10.3. The van der Waals surface area contributed by atoms with Gasteiger partial charge in [-0.1, -0.05) is 12.8 Å². The third kappa shape index (κ3) is 4.14. The van der Waals surface area contributed by atoms with Gasteiger partial charge in [0.05, 0.1) is 20.9 Å². The predicted molar refractivity (Wildman–Crippen MR) is 111 cm³/mol. The highest BCUT2D eigenvalue weighted by Gasteiger charge is 2.41. The van der Waals surface area contributed by atoms with Crippen molar-refractivity contribution in [2.24, 2.45) is 0 Å². The molecular weight excluding hydrogens is 368 g/mol. The van der Waals surface area contributed by atoms with Crippen LogP contribution in [0.1, 0.15) is 36.8 Å². The van der Waals surface area contributed by atoms with Crippen LogP contribution in [0.4, 0.5) is 0 Å². The summed E-state index contributed by atoms with van der Waals surface area (Å²) in [5.74, 6) is 2.13. The number of rotatable bonds is 6. The van der Waals surface area contributed by atoms with Gasteiger partial charge in [0.15, 0.2) is 0 Å². The fraction of sp³-hybridized carbons (Fsp3) is 0.478. The number of fused-ring (bicyclic) bond motifs is 1. The SMILES string of the molecule is COc1ccc(O)c(CN2CN(Cc3cc(OC)ccc3O)[C@@H]3CCCC[C@H]32)c1. The molecule has 6 nitrogen and oxygen atoms in total. The van der Waals surface area contributed by atoms with Crippen LogP contribution in [0.5, 0.6) is 23.0 Å². The number of ether oxygens (including phenoxy) is 2. The zero-order valence-corrected chi connectivity index (χ0v) is 17.2. The average Bonchev–Trinajstić information content (AvgIpc) is 3.08. The van der Waals surface area contributed by atoms with Crippen molar-refractivity contribution in [3.63, 3.8) is 0 Å². The normalized spacial score (nSPS) is 22.4. The summed E-state index contributed by atoms with van der Waals surface area (Å²) >= 11 is 0. The summed E-state index contributed by atoms with van der Waals surface area (Å²) in [5, 5.41) is 20.7. The van der Waals surface area contributed by atoms with Crippen molar-refractivity contribution in [1.29, 1.82) is 0 Å². The van der Waals surface area contributed by atoms with E-state index < -0.39 is 0 Å². The van der Waals surface area contributed by atoms with Gasteiger partial charge in [-0.15, -0.1) is 0 Å². The molecule has 156 valence electrons. The Morgan fingerprint density at radius 2 is 1.24 bits per heavy atom. The summed E-state index contributed by atoms with van der Waals surface area (Å²) in [4.78, 5) is 4.91. The monoisotopic (exact) mass is 398 g/mol. The maximum Gasteiger partial charge on any atom is 0.120 e. The van der Waals surface area contributed by atoms with E-state index in [9.17, 15) is 10.2 Å². The molecule has 1 saturated heterocycles. The number of hydrogen-bond acceptors (Lipinski definition) is 6. The van der Waals surface area contributed by atoms with E-state index in [-0.39, 0.29) is 0 Å². The molecule has 1 aliphatic carbocycles. The molecule has 29 heavy (non-hydrogen) atoms. The Balaban J connectivity index is 1.55. The third-order valence-electron chi connectivity index (χ3n) is 6.32. The average molecular weight is 399 g/mol. The minimum Gasteiger partial charge on any atom is -0.508 e. The van der Waals surface area contributed by atoms with Gasteiger partial charge in [-0.05, 0) is 49.2 Å². The molecule has 0 amide bonds. The summed E-state index contributed by atoms with van der Waals surface area (Å²) in [6.07, 6.45) is 4.80. The van der Waals surface area contributed by atoms with Crippen molar-refractivity contribution in [3.8, 4) is 23.0 Å². The quantitative estimate of drug-likeness (QED) is 0.774. The number of phenolic OH excluding ortho intramolecular Hbond substituents is 2. The first kappa shape index (κ1) is 19.9. The predicted octanol–water partition coefficient (Wildman–Crippen LogP) is 3.70. The van der Waals surface area contributed by atoms with E-state index in [1.807, 2.05) is 12.1 Å². The van der Waals surface area contributed by atoms with Gasteiger partial charge >= 0.3 is 0 Å². The molecule has 0 aromatic heterocycles. The lowest BCUT2D eigenvalue weighted by Crippen LogP contribution is -2.39. The molecule has 2 fully saturated rings. The molecule has 2 aromatic rings. The van der Waals surface area contributed by atoms with E-state index in [1.165, 1.54) is 12.8 Å². The smallest absolute Gasteiger partial charge is 0.120 e. The second-order valence-electron chi connectivity index (χ2n) is 8.04. The first-order valence-electron chi connectivity index (χ1n) is 10.3. The number of aromatic hydroxyl groups is 2. The molecule has 1 aliphatic heterocycles. The highest BCUT2D eigenvalue weighted by molar-refractivity contribution is 5.40. The summed E-state index contributed by atoms with van der Waals surface area (Å²) in [6.45, 7) is 2.18. The fourth-order valence-corrected chi connectivity index (χ4v) is 4.79. The number of phenols is 2. The molecule has 0 spiro atoms. The molecule has 4 rings (SSSR count). The summed E-state index contributed by atoms with van der Waals surface area (Å²) in [6, 6.07) is 11.7. The zero-order valence-electron chi connectivity index (χ0n) is 17.2. The van der Waals surface area contributed by atoms with Crippen molar-refractivity contribution in [2.45, 2.75) is 50.9 Å². The minimum absolute atomic E-state index is 0.307. The van der Waals surface area contributed by atoms with E-state index in [4.69, 9.17) is 9.47 Å². The van der Waals surface area contributed by atoms with Crippen molar-refractivity contribution >= 4 is 0 Å². The summed E-state index contributed by atoms with van der Waals surface area (Å²) < 4.78 is 10.7. The molecule has 1 heterocycles. The van der Waals surface area contributed by atoms with Gasteiger partial charge in [-0.2, -0.15) is 0 Å². The second-order valence-corrected chi connectivity index (χ2v) is 8.04. The van der Waals surface area contributed by atoms with Crippen LogP contribution in [0.3, 0.4) is 0 Å². The molecule has 0 radical (unpaired) electrons. The first-order chi connectivity index (χ1) is 14.1. The standard InChI is InChI=1S/C23H30N2O4/c1-28-18-7-9-22(26)16(11-18)13-24-15-25(21-6-4-3-5-20(21)24)14-17-12-19(29-2)8-10-23(17)27/h7-12,20-21,26-27H,3-6,13-15H2,1-2H3/t20-,21-/m1/s1. The molecular formula is C23H30N2O4. The molecule has 2 aromatic carbocycles. The van der Waals surface area contributed by atoms with Gasteiger partial charge in [0.1, 0.15) is 23.0 Å². The van der Waals surface area contributed by atoms with Crippen LogP contribution in [-0.2, 0) is 13.1 Å². The van der Waals surface area contributed by atoms with Gasteiger partial charge in [0.2, 0.25) is 0 Å². The molecule has 1 saturated carbocycles. The number of nitrogens with zero attached hydrogens (tertiary/aromatic N) is 2. The van der Waals surface area contributed by atoms with Crippen LogP contribution in [-0.4, -0.2) is 53.0 Å². The van der Waals surface area contributed by atoms with Crippen molar-refractivity contribution in [1.82, 2.24) is 9.80 Å². The number of methoxy groups -OCH3 is 2. The maximum atomic E-state index is 10.3. The largest absolute Gasteiger partial charge is 0.508 e. The van der Waals surface area contributed by atoms with Gasteiger partial charge in [0, 0.05) is 36.3 Å². The summed E-state index contributed by atoms with van der Waals surface area (Å²) in [5.41, 5.74) is 1.78. The van der Waals surface area contributed by atoms with E-state index in [0.29, 0.717) is 36.7 Å². The van der Waals surface area contributed by atoms with Gasteiger partial charge in [0.25, 0.3) is 0 Å². The van der Waals surface area contributed by atoms with Crippen LogP contribution in [0.2, 0.25) is 0 Å². The number of hydrogen-bond donors (Lipinski definition) is 2. The third-order valence-corrected chi connectivity index (χ3v) is 6.32. The van der Waals surface area contributed by atoms with E-state index in [0.717, 1.165) is 42.1 Å². The Morgan fingerprint density at radius 3 is 1.66 bits per heavy atom. The Kier molecular flexibility index (Phi) is 5.83. The Hall–Kier alpha value is -2.44. The van der Waals surface area contributed by atoms with Crippen LogP contribution in [0.25, 0.3) is 0 Å².